The van der Waals surface area contributed by atoms with Gasteiger partial charge in [0.05, 0.1) is 19.5 Å². The van der Waals surface area contributed by atoms with E-state index in [-0.39, 0.29) is 17.1 Å². The van der Waals surface area contributed by atoms with Crippen molar-refractivity contribution in [1.82, 2.24) is 0 Å². The summed E-state index contributed by atoms with van der Waals surface area (Å²) in [5, 5.41) is 5.59. The Bertz CT molecular complexity index is 1120. The van der Waals surface area contributed by atoms with Gasteiger partial charge >= 0.3 is 0 Å². The summed E-state index contributed by atoms with van der Waals surface area (Å²) >= 11 is 1.45. The molecule has 6 nitrogen and oxygen atoms in total. The van der Waals surface area contributed by atoms with Crippen molar-refractivity contribution in [3.63, 3.8) is 0 Å². The number of methoxy groups -OCH3 is 2. The number of hydrogen-bond acceptors (Lipinski definition) is 5. The van der Waals surface area contributed by atoms with Crippen LogP contribution in [0.1, 0.15) is 28.4 Å². The van der Waals surface area contributed by atoms with Gasteiger partial charge in [0, 0.05) is 16.3 Å². The molecule has 33 heavy (non-hydrogen) atoms. The highest BCUT2D eigenvalue weighted by molar-refractivity contribution is 8.00. The maximum absolute atomic E-state index is 12.8. The largest absolute Gasteiger partial charge is 0.496 e. The van der Waals surface area contributed by atoms with Crippen LogP contribution in [0.2, 0.25) is 0 Å². The van der Waals surface area contributed by atoms with Gasteiger partial charge < -0.3 is 20.1 Å². The molecule has 0 aromatic heterocycles. The number of anilines is 2. The zero-order valence-electron chi connectivity index (χ0n) is 19.4. The molecule has 2 N–H and O–H groups in total. The van der Waals surface area contributed by atoms with Crippen molar-refractivity contribution in [1.29, 1.82) is 0 Å². The predicted molar refractivity (Wildman–Crippen MR) is 134 cm³/mol. The van der Waals surface area contributed by atoms with Crippen LogP contribution in [0.3, 0.4) is 0 Å². The molecule has 1 unspecified atom stereocenters. The molecule has 1 atom stereocenters. The average Bonchev–Trinajstić information content (AvgIpc) is 2.82. The van der Waals surface area contributed by atoms with Crippen molar-refractivity contribution < 1.29 is 19.1 Å². The first-order chi connectivity index (χ1) is 15.8. The third-order valence-corrected chi connectivity index (χ3v) is 6.42. The molecule has 0 aliphatic rings. The summed E-state index contributed by atoms with van der Waals surface area (Å²) in [4.78, 5) is 26.4. The number of rotatable bonds is 8. The minimum absolute atomic E-state index is 0.0608. The van der Waals surface area contributed by atoms with Crippen molar-refractivity contribution in [2.24, 2.45) is 0 Å². The molecule has 0 saturated carbocycles. The SMILES string of the molecule is COc1cccc(OC)c1C(=O)Nc1ccc(SC(C)C(=O)Nc2cccc(C)c2C)cc1. The summed E-state index contributed by atoms with van der Waals surface area (Å²) in [5.74, 6) is 0.478. The van der Waals surface area contributed by atoms with Crippen LogP contribution < -0.4 is 20.1 Å². The topological polar surface area (TPSA) is 76.7 Å². The Labute approximate surface area is 198 Å². The van der Waals surface area contributed by atoms with E-state index in [0.717, 1.165) is 21.7 Å². The summed E-state index contributed by atoms with van der Waals surface area (Å²) in [6, 6.07) is 18.4. The van der Waals surface area contributed by atoms with Crippen molar-refractivity contribution in [2.45, 2.75) is 30.9 Å². The molecule has 2 amide bonds. The van der Waals surface area contributed by atoms with Gasteiger partial charge in [-0.1, -0.05) is 18.2 Å². The lowest BCUT2D eigenvalue weighted by molar-refractivity contribution is -0.115. The standard InChI is InChI=1S/C26H28N2O4S/c1-16-8-6-9-21(17(16)2)28-25(29)18(3)33-20-14-12-19(13-15-20)27-26(30)24-22(31-4)10-7-11-23(24)32-5/h6-15,18H,1-5H3,(H,27,30)(H,28,29). The van der Waals surface area contributed by atoms with E-state index in [9.17, 15) is 9.59 Å². The quantitative estimate of drug-likeness (QED) is 0.419. The fourth-order valence-corrected chi connectivity index (χ4v) is 4.13. The van der Waals surface area contributed by atoms with Crippen molar-refractivity contribution in [3.8, 4) is 11.5 Å². The maximum Gasteiger partial charge on any atom is 0.263 e. The third kappa shape index (κ3) is 5.87. The Kier molecular flexibility index (Phi) is 8.01. The fraction of sp³-hybridized carbons (Fsp3) is 0.231. The van der Waals surface area contributed by atoms with Crippen LogP contribution in [-0.2, 0) is 4.79 Å². The molecular formula is C26H28N2O4S. The van der Waals surface area contributed by atoms with E-state index < -0.39 is 0 Å². The lowest BCUT2D eigenvalue weighted by Crippen LogP contribution is -2.22. The third-order valence-electron chi connectivity index (χ3n) is 5.31. The van der Waals surface area contributed by atoms with E-state index in [4.69, 9.17) is 9.47 Å². The number of nitrogens with one attached hydrogen (secondary N) is 2. The Morgan fingerprint density at radius 3 is 2.06 bits per heavy atom. The van der Waals surface area contributed by atoms with E-state index in [1.165, 1.54) is 26.0 Å². The molecule has 0 aliphatic heterocycles. The van der Waals surface area contributed by atoms with Gasteiger partial charge in [-0.05, 0) is 74.4 Å². The number of hydrogen-bond donors (Lipinski definition) is 2. The minimum Gasteiger partial charge on any atom is -0.496 e. The second-order valence-corrected chi connectivity index (χ2v) is 8.93. The molecule has 0 bridgehead atoms. The summed E-state index contributed by atoms with van der Waals surface area (Å²) < 4.78 is 10.6. The lowest BCUT2D eigenvalue weighted by atomic mass is 10.1. The van der Waals surface area contributed by atoms with Gasteiger partial charge in [-0.15, -0.1) is 11.8 Å². The zero-order valence-corrected chi connectivity index (χ0v) is 20.2. The van der Waals surface area contributed by atoms with Crippen LogP contribution in [0.15, 0.2) is 65.6 Å². The first-order valence-corrected chi connectivity index (χ1v) is 11.4. The molecule has 0 fully saturated rings. The highest BCUT2D eigenvalue weighted by Crippen LogP contribution is 2.30. The second kappa shape index (κ2) is 10.9. The normalized spacial score (nSPS) is 11.4. The number of amides is 2. The number of benzene rings is 3. The molecule has 7 heteroatoms. The first-order valence-electron chi connectivity index (χ1n) is 10.5. The van der Waals surface area contributed by atoms with Crippen LogP contribution in [0.25, 0.3) is 0 Å². The Hall–Kier alpha value is -3.45. The van der Waals surface area contributed by atoms with Gasteiger partial charge in [-0.2, -0.15) is 0 Å². The van der Waals surface area contributed by atoms with Crippen molar-refractivity contribution in [2.75, 3.05) is 24.9 Å². The Balaban J connectivity index is 1.64. The van der Waals surface area contributed by atoms with Gasteiger partial charge in [0.1, 0.15) is 17.1 Å². The molecule has 3 rings (SSSR count). The molecule has 0 aliphatic carbocycles. The number of carbonyl (C=O) groups is 2. The highest BCUT2D eigenvalue weighted by Gasteiger charge is 2.19. The van der Waals surface area contributed by atoms with Gasteiger partial charge in [-0.3, -0.25) is 9.59 Å². The summed E-state index contributed by atoms with van der Waals surface area (Å²) in [5.41, 5.74) is 3.99. The van der Waals surface area contributed by atoms with Crippen LogP contribution in [-0.4, -0.2) is 31.3 Å². The first kappa shape index (κ1) is 24.2. The van der Waals surface area contributed by atoms with Gasteiger partial charge in [0.25, 0.3) is 5.91 Å². The van der Waals surface area contributed by atoms with Gasteiger partial charge in [-0.25, -0.2) is 0 Å². The molecular weight excluding hydrogens is 436 g/mol. The van der Waals surface area contributed by atoms with Gasteiger partial charge in [0.15, 0.2) is 0 Å². The van der Waals surface area contributed by atoms with E-state index in [1.54, 1.807) is 30.3 Å². The number of aryl methyl sites for hydroxylation is 1. The molecule has 0 spiro atoms. The number of carbonyl (C=O) groups excluding carboxylic acids is 2. The van der Waals surface area contributed by atoms with E-state index in [2.05, 4.69) is 10.6 Å². The predicted octanol–water partition coefficient (Wildman–Crippen LogP) is 5.69. The molecule has 3 aromatic carbocycles. The maximum atomic E-state index is 12.8. The smallest absolute Gasteiger partial charge is 0.263 e. The monoisotopic (exact) mass is 464 g/mol. The average molecular weight is 465 g/mol. The van der Waals surface area contributed by atoms with E-state index in [0.29, 0.717) is 22.7 Å². The number of ether oxygens (including phenoxy) is 2. The minimum atomic E-state index is -0.328. The fourth-order valence-electron chi connectivity index (χ4n) is 3.26. The van der Waals surface area contributed by atoms with E-state index >= 15 is 0 Å². The molecule has 3 aromatic rings. The summed E-state index contributed by atoms with van der Waals surface area (Å²) in [6.07, 6.45) is 0. The summed E-state index contributed by atoms with van der Waals surface area (Å²) in [7, 11) is 3.02. The van der Waals surface area contributed by atoms with Crippen LogP contribution in [0.5, 0.6) is 11.5 Å². The van der Waals surface area contributed by atoms with Crippen LogP contribution in [0, 0.1) is 13.8 Å². The van der Waals surface area contributed by atoms with E-state index in [1.807, 2.05) is 51.1 Å². The number of thioether (sulfide) groups is 1. The molecule has 0 radical (unpaired) electrons. The van der Waals surface area contributed by atoms with Gasteiger partial charge in [0.2, 0.25) is 5.91 Å². The van der Waals surface area contributed by atoms with Crippen LogP contribution in [0.4, 0.5) is 11.4 Å². The second-order valence-electron chi connectivity index (χ2n) is 7.51. The van der Waals surface area contributed by atoms with Crippen LogP contribution >= 0.6 is 11.8 Å². The molecule has 0 saturated heterocycles. The Morgan fingerprint density at radius 2 is 1.45 bits per heavy atom. The summed E-state index contributed by atoms with van der Waals surface area (Å²) in [6.45, 7) is 5.89. The molecule has 172 valence electrons. The Morgan fingerprint density at radius 1 is 0.848 bits per heavy atom. The zero-order chi connectivity index (χ0) is 24.0. The van der Waals surface area contributed by atoms with Crippen molar-refractivity contribution >= 4 is 35.0 Å². The molecule has 0 heterocycles. The lowest BCUT2D eigenvalue weighted by Gasteiger charge is -2.15. The highest BCUT2D eigenvalue weighted by atomic mass is 32.2. The van der Waals surface area contributed by atoms with Crippen molar-refractivity contribution in [3.05, 3.63) is 77.4 Å².